The third kappa shape index (κ3) is 6.74. The fourth-order valence-electron chi connectivity index (χ4n) is 2.16. The molecule has 8 nitrogen and oxygen atoms in total. The molecule has 1 aromatic heterocycles. The van der Waals surface area contributed by atoms with E-state index >= 15 is 0 Å². The third-order valence-corrected chi connectivity index (χ3v) is 4.07. The molecule has 0 aliphatic rings. The molecule has 8 heteroatoms. The van der Waals surface area contributed by atoms with E-state index in [4.69, 9.17) is 9.47 Å². The van der Waals surface area contributed by atoms with E-state index < -0.39 is 18.1 Å². The number of nitrogens with one attached hydrogen (secondary N) is 2. The van der Waals surface area contributed by atoms with Gasteiger partial charge in [0.15, 0.2) is 6.10 Å². The molecule has 0 saturated carbocycles. The normalized spacial score (nSPS) is 12.3. The maximum absolute atomic E-state index is 12.2. The molecule has 0 fully saturated rings. The number of carbonyl (C=O) groups excluding carboxylic acids is 2. The number of benzene rings is 1. The Morgan fingerprint density at radius 2 is 1.89 bits per heavy atom. The average molecular weight is 374 g/mol. The molecule has 0 aliphatic heterocycles. The number of para-hydroxylation sites is 1. The van der Waals surface area contributed by atoms with Crippen LogP contribution in [0.5, 0.6) is 0 Å². The van der Waals surface area contributed by atoms with Gasteiger partial charge < -0.3 is 14.8 Å². The molecule has 0 spiro atoms. The number of nitrogens with zero attached hydrogens (tertiary/aromatic N) is 2. The maximum Gasteiger partial charge on any atom is 0.412 e. The van der Waals surface area contributed by atoms with Crippen LogP contribution in [0.1, 0.15) is 27.2 Å². The second kappa shape index (κ2) is 9.18. The Morgan fingerprint density at radius 3 is 2.56 bits per heavy atom. The highest BCUT2D eigenvalue weighted by Gasteiger charge is 2.19. The minimum Gasteiger partial charge on any atom is -0.436 e. The molecule has 27 heavy (non-hydrogen) atoms. The Balaban J connectivity index is 1.81. The summed E-state index contributed by atoms with van der Waals surface area (Å²) >= 11 is 0. The van der Waals surface area contributed by atoms with Crippen molar-refractivity contribution in [2.45, 2.75) is 45.4 Å². The summed E-state index contributed by atoms with van der Waals surface area (Å²) in [6.45, 7) is 6.16. The van der Waals surface area contributed by atoms with Gasteiger partial charge in [-0.25, -0.2) is 4.79 Å². The summed E-state index contributed by atoms with van der Waals surface area (Å²) in [6.07, 6.45) is 2.40. The van der Waals surface area contributed by atoms with Crippen LogP contribution in [0.15, 0.2) is 42.7 Å². The van der Waals surface area contributed by atoms with Crippen LogP contribution in [0.3, 0.4) is 0 Å². The molecule has 146 valence electrons. The lowest BCUT2D eigenvalue weighted by Gasteiger charge is -2.22. The van der Waals surface area contributed by atoms with Crippen LogP contribution >= 0.6 is 0 Å². The van der Waals surface area contributed by atoms with Gasteiger partial charge in [-0.05, 0) is 39.3 Å². The molecule has 1 aromatic carbocycles. The van der Waals surface area contributed by atoms with E-state index in [9.17, 15) is 9.59 Å². The zero-order chi connectivity index (χ0) is 19.9. The fourth-order valence-corrected chi connectivity index (χ4v) is 2.16. The number of aromatic nitrogens is 2. The molecule has 1 atom stereocenters. The first kappa shape index (κ1) is 20.4. The molecule has 0 aliphatic carbocycles. The minimum absolute atomic E-state index is 0.246. The molecule has 2 N–H and O–H groups in total. The van der Waals surface area contributed by atoms with Gasteiger partial charge in [-0.3, -0.25) is 14.8 Å². The molecular weight excluding hydrogens is 348 g/mol. The van der Waals surface area contributed by atoms with E-state index in [1.54, 1.807) is 48.5 Å². The maximum atomic E-state index is 12.2. The van der Waals surface area contributed by atoms with Gasteiger partial charge in [0.1, 0.15) is 0 Å². The van der Waals surface area contributed by atoms with Gasteiger partial charge in [-0.1, -0.05) is 18.2 Å². The molecule has 2 amide bonds. The molecule has 0 bridgehead atoms. The number of hydrogen-bond acceptors (Lipinski definition) is 5. The third-order valence-electron chi connectivity index (χ3n) is 4.07. The van der Waals surface area contributed by atoms with Crippen LogP contribution in [0.25, 0.3) is 0 Å². The Labute approximate surface area is 158 Å². The zero-order valence-corrected chi connectivity index (χ0v) is 16.1. The molecule has 2 rings (SSSR count). The van der Waals surface area contributed by atoms with Gasteiger partial charge in [-0.15, -0.1) is 0 Å². The van der Waals surface area contributed by atoms with Gasteiger partial charge in [0, 0.05) is 25.5 Å². The molecule has 0 saturated heterocycles. The summed E-state index contributed by atoms with van der Waals surface area (Å²) in [4.78, 5) is 24.0. The summed E-state index contributed by atoms with van der Waals surface area (Å²) in [7, 11) is 1.67. The number of ether oxygens (including phenoxy) is 2. The predicted octanol–water partition coefficient (Wildman–Crippen LogP) is 3.27. The van der Waals surface area contributed by atoms with Gasteiger partial charge in [-0.2, -0.15) is 5.10 Å². The number of rotatable bonds is 8. The van der Waals surface area contributed by atoms with Crippen LogP contribution in [-0.2, 0) is 20.8 Å². The van der Waals surface area contributed by atoms with Crippen molar-refractivity contribution >= 4 is 23.4 Å². The van der Waals surface area contributed by atoms with E-state index in [1.807, 2.05) is 19.9 Å². The zero-order valence-electron chi connectivity index (χ0n) is 16.1. The SMILES string of the molecule is COC(C)(C)CCn1cc(NC(=O)C(C)OC(=O)Nc2ccccc2)cn1. The largest absolute Gasteiger partial charge is 0.436 e. The summed E-state index contributed by atoms with van der Waals surface area (Å²) in [6, 6.07) is 8.87. The van der Waals surface area contributed by atoms with Crippen LogP contribution in [0.4, 0.5) is 16.2 Å². The first-order valence-electron chi connectivity index (χ1n) is 8.70. The van der Waals surface area contributed by atoms with Crippen LogP contribution in [0.2, 0.25) is 0 Å². The molecule has 0 radical (unpaired) electrons. The Kier molecular flexibility index (Phi) is 6.95. The number of methoxy groups -OCH3 is 1. The standard InChI is InChI=1S/C19H26N4O4/c1-14(27-18(25)22-15-8-6-5-7-9-15)17(24)21-16-12-20-23(13-16)11-10-19(2,3)26-4/h5-9,12-14H,10-11H2,1-4H3,(H,21,24)(H,22,25). The topological polar surface area (TPSA) is 94.5 Å². The number of carbonyl (C=O) groups is 2. The smallest absolute Gasteiger partial charge is 0.412 e. The molecule has 1 unspecified atom stereocenters. The van der Waals surface area contributed by atoms with Crippen molar-refractivity contribution in [1.82, 2.24) is 9.78 Å². The van der Waals surface area contributed by atoms with Crippen molar-refractivity contribution in [3.8, 4) is 0 Å². The van der Waals surface area contributed by atoms with E-state index in [-0.39, 0.29) is 5.60 Å². The Morgan fingerprint density at radius 1 is 1.19 bits per heavy atom. The van der Waals surface area contributed by atoms with Gasteiger partial charge in [0.25, 0.3) is 5.91 Å². The summed E-state index contributed by atoms with van der Waals surface area (Å²) < 4.78 is 12.2. The minimum atomic E-state index is -0.954. The van der Waals surface area contributed by atoms with Crippen molar-refractivity contribution in [3.05, 3.63) is 42.7 Å². The van der Waals surface area contributed by atoms with Gasteiger partial charge in [0.2, 0.25) is 0 Å². The lowest BCUT2D eigenvalue weighted by Crippen LogP contribution is -2.31. The second-order valence-corrected chi connectivity index (χ2v) is 6.73. The summed E-state index contributed by atoms with van der Waals surface area (Å²) in [5.74, 6) is -0.435. The summed E-state index contributed by atoms with van der Waals surface area (Å²) in [5.41, 5.74) is 0.883. The van der Waals surface area contributed by atoms with E-state index in [0.717, 1.165) is 6.42 Å². The Bertz CT molecular complexity index is 758. The van der Waals surface area contributed by atoms with Gasteiger partial charge >= 0.3 is 6.09 Å². The van der Waals surface area contributed by atoms with Crippen molar-refractivity contribution in [2.24, 2.45) is 0 Å². The van der Waals surface area contributed by atoms with Crippen molar-refractivity contribution in [1.29, 1.82) is 0 Å². The van der Waals surface area contributed by atoms with E-state index in [2.05, 4.69) is 15.7 Å². The number of amides is 2. The lowest BCUT2D eigenvalue weighted by atomic mass is 10.1. The van der Waals surface area contributed by atoms with E-state index in [0.29, 0.717) is 17.9 Å². The first-order valence-corrected chi connectivity index (χ1v) is 8.70. The average Bonchev–Trinajstić information content (AvgIpc) is 3.08. The molecular formula is C19H26N4O4. The van der Waals surface area contributed by atoms with Gasteiger partial charge in [0.05, 0.1) is 17.5 Å². The number of aryl methyl sites for hydroxylation is 1. The first-order chi connectivity index (χ1) is 12.8. The highest BCUT2D eigenvalue weighted by Crippen LogP contribution is 2.15. The lowest BCUT2D eigenvalue weighted by molar-refractivity contribution is -0.123. The molecule has 1 heterocycles. The van der Waals surface area contributed by atoms with E-state index in [1.165, 1.54) is 6.92 Å². The fraction of sp³-hybridized carbons (Fsp3) is 0.421. The summed E-state index contributed by atoms with van der Waals surface area (Å²) in [5, 5.41) is 9.46. The highest BCUT2D eigenvalue weighted by atomic mass is 16.6. The van der Waals surface area contributed by atoms with Crippen molar-refractivity contribution in [2.75, 3.05) is 17.7 Å². The van der Waals surface area contributed by atoms with Crippen LogP contribution in [0, 0.1) is 0 Å². The Hall–Kier alpha value is -2.87. The van der Waals surface area contributed by atoms with Crippen molar-refractivity contribution < 1.29 is 19.1 Å². The molecule has 2 aromatic rings. The number of anilines is 2. The van der Waals surface area contributed by atoms with Crippen molar-refractivity contribution in [3.63, 3.8) is 0 Å². The number of hydrogen-bond donors (Lipinski definition) is 2. The van der Waals surface area contributed by atoms with Crippen LogP contribution in [-0.4, -0.2) is 40.6 Å². The quantitative estimate of drug-likeness (QED) is 0.739. The van der Waals surface area contributed by atoms with Crippen LogP contribution < -0.4 is 10.6 Å². The second-order valence-electron chi connectivity index (χ2n) is 6.73. The highest BCUT2D eigenvalue weighted by molar-refractivity contribution is 5.95. The monoisotopic (exact) mass is 374 g/mol. The predicted molar refractivity (Wildman–Crippen MR) is 103 cm³/mol.